The average molecular weight is 334 g/mol. The van der Waals surface area contributed by atoms with Crippen LogP contribution in [0.25, 0.3) is 0 Å². The second kappa shape index (κ2) is 6.85. The Morgan fingerprint density at radius 2 is 1.50 bits per heavy atom. The summed E-state index contributed by atoms with van der Waals surface area (Å²) < 4.78 is 37.9. The van der Waals surface area contributed by atoms with Gasteiger partial charge in [-0.1, -0.05) is 24.3 Å². The van der Waals surface area contributed by atoms with Crippen molar-refractivity contribution < 1.29 is 13.2 Å². The third-order valence-corrected chi connectivity index (χ3v) is 4.59. The summed E-state index contributed by atoms with van der Waals surface area (Å²) in [4.78, 5) is 4.54. The van der Waals surface area contributed by atoms with Gasteiger partial charge in [0, 0.05) is 38.4 Å². The first-order chi connectivity index (χ1) is 11.4. The van der Waals surface area contributed by atoms with E-state index in [0.717, 1.165) is 50.5 Å². The third-order valence-electron chi connectivity index (χ3n) is 4.59. The van der Waals surface area contributed by atoms with Crippen LogP contribution >= 0.6 is 0 Å². The molecular formula is C19H21F3N2. The summed E-state index contributed by atoms with van der Waals surface area (Å²) in [5.74, 6) is 0. The van der Waals surface area contributed by atoms with Crippen LogP contribution in [-0.4, -0.2) is 31.1 Å². The lowest BCUT2D eigenvalue weighted by Crippen LogP contribution is -2.46. The van der Waals surface area contributed by atoms with E-state index in [-0.39, 0.29) is 0 Å². The van der Waals surface area contributed by atoms with E-state index >= 15 is 0 Å². The maximum atomic E-state index is 12.6. The Kier molecular flexibility index (Phi) is 4.81. The monoisotopic (exact) mass is 334 g/mol. The number of piperazine rings is 1. The summed E-state index contributed by atoms with van der Waals surface area (Å²) in [6.07, 6.45) is -4.27. The van der Waals surface area contributed by atoms with Crippen molar-refractivity contribution in [2.45, 2.75) is 19.6 Å². The minimum Gasteiger partial charge on any atom is -0.369 e. The molecule has 0 bridgehead atoms. The topological polar surface area (TPSA) is 6.48 Å². The molecule has 1 saturated heterocycles. The van der Waals surface area contributed by atoms with Gasteiger partial charge in [-0.05, 0) is 42.3 Å². The molecule has 2 aromatic rings. The van der Waals surface area contributed by atoms with Crippen LogP contribution in [0.2, 0.25) is 0 Å². The number of halogens is 3. The zero-order chi connectivity index (χ0) is 17.2. The van der Waals surface area contributed by atoms with Crippen molar-refractivity contribution in [3.05, 3.63) is 65.2 Å². The highest BCUT2D eigenvalue weighted by atomic mass is 19.4. The van der Waals surface area contributed by atoms with Crippen molar-refractivity contribution in [1.82, 2.24) is 4.90 Å². The highest BCUT2D eigenvalue weighted by Crippen LogP contribution is 2.30. The van der Waals surface area contributed by atoms with Crippen LogP contribution in [0.4, 0.5) is 18.9 Å². The lowest BCUT2D eigenvalue weighted by atomic mass is 10.1. The molecule has 0 unspecified atom stereocenters. The third kappa shape index (κ3) is 3.90. The lowest BCUT2D eigenvalue weighted by Gasteiger charge is -2.36. The van der Waals surface area contributed by atoms with Gasteiger partial charge in [-0.2, -0.15) is 13.2 Å². The lowest BCUT2D eigenvalue weighted by molar-refractivity contribution is -0.137. The van der Waals surface area contributed by atoms with Crippen molar-refractivity contribution in [2.24, 2.45) is 0 Å². The van der Waals surface area contributed by atoms with E-state index in [1.54, 1.807) is 12.1 Å². The van der Waals surface area contributed by atoms with E-state index in [0.29, 0.717) is 0 Å². The molecule has 2 nitrogen and oxygen atoms in total. The number of benzene rings is 2. The molecule has 128 valence electrons. The molecule has 0 spiro atoms. The first-order valence-corrected chi connectivity index (χ1v) is 8.12. The number of anilines is 1. The molecule has 0 aliphatic carbocycles. The second-order valence-electron chi connectivity index (χ2n) is 6.23. The van der Waals surface area contributed by atoms with Crippen LogP contribution in [0.3, 0.4) is 0 Å². The normalized spacial score (nSPS) is 16.4. The van der Waals surface area contributed by atoms with E-state index in [2.05, 4.69) is 34.9 Å². The summed E-state index contributed by atoms with van der Waals surface area (Å²) in [5.41, 5.74) is 2.89. The summed E-state index contributed by atoms with van der Waals surface area (Å²) in [5, 5.41) is 0. The van der Waals surface area contributed by atoms with Gasteiger partial charge in [0.25, 0.3) is 0 Å². The summed E-state index contributed by atoms with van der Waals surface area (Å²) >= 11 is 0. The largest absolute Gasteiger partial charge is 0.416 e. The first kappa shape index (κ1) is 16.8. The summed E-state index contributed by atoms with van der Waals surface area (Å²) in [7, 11) is 0. The van der Waals surface area contributed by atoms with Gasteiger partial charge in [-0.15, -0.1) is 0 Å². The number of aryl methyl sites for hydroxylation is 1. The number of rotatable bonds is 3. The molecule has 3 rings (SSSR count). The van der Waals surface area contributed by atoms with E-state index in [9.17, 15) is 13.2 Å². The minimum absolute atomic E-state index is 0.593. The van der Waals surface area contributed by atoms with Crippen molar-refractivity contribution in [3.8, 4) is 0 Å². The van der Waals surface area contributed by atoms with E-state index in [4.69, 9.17) is 0 Å². The molecule has 5 heteroatoms. The van der Waals surface area contributed by atoms with Crippen molar-refractivity contribution in [3.63, 3.8) is 0 Å². The van der Waals surface area contributed by atoms with Gasteiger partial charge in [0.2, 0.25) is 0 Å². The molecule has 1 heterocycles. The minimum atomic E-state index is -4.27. The molecule has 0 radical (unpaired) electrons. The van der Waals surface area contributed by atoms with Crippen LogP contribution in [-0.2, 0) is 12.7 Å². The highest BCUT2D eigenvalue weighted by molar-refractivity contribution is 5.48. The molecule has 1 aliphatic rings. The van der Waals surface area contributed by atoms with Crippen LogP contribution in [0, 0.1) is 6.92 Å². The van der Waals surface area contributed by atoms with Gasteiger partial charge in [-0.25, -0.2) is 0 Å². The molecular weight excluding hydrogens is 313 g/mol. The summed E-state index contributed by atoms with van der Waals surface area (Å²) in [6, 6.07) is 13.8. The molecule has 0 saturated carbocycles. The average Bonchev–Trinajstić information content (AvgIpc) is 2.57. The Labute approximate surface area is 140 Å². The predicted octanol–water partition coefficient (Wildman–Crippen LogP) is 4.34. The highest BCUT2D eigenvalue weighted by Gasteiger charge is 2.30. The Morgan fingerprint density at radius 3 is 2.08 bits per heavy atom. The van der Waals surface area contributed by atoms with Crippen LogP contribution in [0.15, 0.2) is 48.5 Å². The van der Waals surface area contributed by atoms with Gasteiger partial charge in [-0.3, -0.25) is 4.90 Å². The molecule has 0 atom stereocenters. The maximum Gasteiger partial charge on any atom is 0.416 e. The second-order valence-corrected chi connectivity index (χ2v) is 6.23. The van der Waals surface area contributed by atoms with Gasteiger partial charge in [0.1, 0.15) is 0 Å². The van der Waals surface area contributed by atoms with Gasteiger partial charge < -0.3 is 4.90 Å². The summed E-state index contributed by atoms with van der Waals surface area (Å²) in [6.45, 7) is 6.53. The Bertz CT molecular complexity index is 672. The fraction of sp³-hybridized carbons (Fsp3) is 0.368. The Hall–Kier alpha value is -2.01. The van der Waals surface area contributed by atoms with Gasteiger partial charge in [0.05, 0.1) is 5.56 Å². The Balaban J connectivity index is 1.58. The smallest absolute Gasteiger partial charge is 0.369 e. The van der Waals surface area contributed by atoms with Crippen LogP contribution < -0.4 is 4.90 Å². The maximum absolute atomic E-state index is 12.6. The molecule has 2 aromatic carbocycles. The Morgan fingerprint density at radius 1 is 0.875 bits per heavy atom. The van der Waals surface area contributed by atoms with Crippen LogP contribution in [0.5, 0.6) is 0 Å². The number of alkyl halides is 3. The SMILES string of the molecule is Cc1ccccc1CN1CCN(c2ccc(C(F)(F)F)cc2)CC1. The zero-order valence-corrected chi connectivity index (χ0v) is 13.7. The van der Waals surface area contributed by atoms with Crippen molar-refractivity contribution >= 4 is 5.69 Å². The number of hydrogen-bond acceptors (Lipinski definition) is 2. The molecule has 0 amide bonds. The fourth-order valence-electron chi connectivity index (χ4n) is 3.05. The standard InChI is InChI=1S/C19H21F3N2/c1-15-4-2-3-5-16(15)14-23-10-12-24(13-11-23)18-8-6-17(7-9-18)19(20,21)22/h2-9H,10-14H2,1H3. The van der Waals surface area contributed by atoms with Gasteiger partial charge in [0.15, 0.2) is 0 Å². The van der Waals surface area contributed by atoms with E-state index < -0.39 is 11.7 Å². The molecule has 0 N–H and O–H groups in total. The predicted molar refractivity (Wildman–Crippen MR) is 90.1 cm³/mol. The molecule has 0 aromatic heterocycles. The number of hydrogen-bond donors (Lipinski definition) is 0. The van der Waals surface area contributed by atoms with E-state index in [1.165, 1.54) is 11.1 Å². The van der Waals surface area contributed by atoms with Gasteiger partial charge >= 0.3 is 6.18 Å². The quantitative estimate of drug-likeness (QED) is 0.824. The molecule has 24 heavy (non-hydrogen) atoms. The first-order valence-electron chi connectivity index (χ1n) is 8.12. The molecule has 1 fully saturated rings. The van der Waals surface area contributed by atoms with Crippen molar-refractivity contribution in [2.75, 3.05) is 31.1 Å². The number of nitrogens with zero attached hydrogens (tertiary/aromatic N) is 2. The van der Waals surface area contributed by atoms with Crippen molar-refractivity contribution in [1.29, 1.82) is 0 Å². The zero-order valence-electron chi connectivity index (χ0n) is 13.7. The fourth-order valence-corrected chi connectivity index (χ4v) is 3.05. The van der Waals surface area contributed by atoms with Crippen LogP contribution in [0.1, 0.15) is 16.7 Å². The van der Waals surface area contributed by atoms with E-state index in [1.807, 2.05) is 6.07 Å². The molecule has 1 aliphatic heterocycles.